The molecule has 1 aromatic heterocycles. The predicted octanol–water partition coefficient (Wildman–Crippen LogP) is 3.94. The summed E-state index contributed by atoms with van der Waals surface area (Å²) < 4.78 is 6.24. The Balaban J connectivity index is 1.34. The maximum Gasteiger partial charge on any atom is 0.225 e. The Labute approximate surface area is 154 Å². The van der Waals surface area contributed by atoms with E-state index in [1.54, 1.807) is 0 Å². The van der Waals surface area contributed by atoms with Gasteiger partial charge in [-0.1, -0.05) is 25.0 Å². The van der Waals surface area contributed by atoms with Crippen LogP contribution in [0.2, 0.25) is 0 Å². The summed E-state index contributed by atoms with van der Waals surface area (Å²) in [5.41, 5.74) is 2.66. The first kappa shape index (κ1) is 17.0. The van der Waals surface area contributed by atoms with Crippen molar-refractivity contribution in [2.75, 3.05) is 18.0 Å². The SMILES string of the molecule is N#Cc1ccc(-c2cnc(N3CCC(OC4CCCC4)CC3)nc2)cc1. The Bertz CT molecular complexity index is 752. The quantitative estimate of drug-likeness (QED) is 0.837. The summed E-state index contributed by atoms with van der Waals surface area (Å²) in [6.45, 7) is 1.90. The maximum absolute atomic E-state index is 8.89. The van der Waals surface area contributed by atoms with Gasteiger partial charge < -0.3 is 9.64 Å². The van der Waals surface area contributed by atoms with Crippen molar-refractivity contribution in [3.05, 3.63) is 42.2 Å². The number of rotatable bonds is 4. The zero-order valence-electron chi connectivity index (χ0n) is 15.0. The van der Waals surface area contributed by atoms with Crippen LogP contribution in [-0.2, 0) is 4.74 Å². The van der Waals surface area contributed by atoms with E-state index in [-0.39, 0.29) is 0 Å². The van der Waals surface area contributed by atoms with E-state index in [1.165, 1.54) is 25.7 Å². The molecule has 1 aliphatic carbocycles. The third-order valence-electron chi connectivity index (χ3n) is 5.40. The topological polar surface area (TPSA) is 62.0 Å². The molecule has 0 radical (unpaired) electrons. The van der Waals surface area contributed by atoms with E-state index < -0.39 is 0 Å². The van der Waals surface area contributed by atoms with Crippen molar-refractivity contribution in [3.8, 4) is 17.2 Å². The van der Waals surface area contributed by atoms with Crippen molar-refractivity contribution in [2.24, 2.45) is 0 Å². The molecule has 0 N–H and O–H groups in total. The Morgan fingerprint density at radius 1 is 0.885 bits per heavy atom. The Morgan fingerprint density at radius 3 is 2.12 bits per heavy atom. The summed E-state index contributed by atoms with van der Waals surface area (Å²) in [6.07, 6.45) is 11.8. The average molecular weight is 348 g/mol. The lowest BCUT2D eigenvalue weighted by Gasteiger charge is -2.33. The summed E-state index contributed by atoms with van der Waals surface area (Å²) in [7, 11) is 0. The first-order valence-electron chi connectivity index (χ1n) is 9.55. The van der Waals surface area contributed by atoms with Gasteiger partial charge in [-0.3, -0.25) is 0 Å². The lowest BCUT2D eigenvalue weighted by atomic mass is 10.1. The van der Waals surface area contributed by atoms with Crippen LogP contribution in [0.1, 0.15) is 44.1 Å². The molecule has 0 amide bonds. The Hall–Kier alpha value is -2.45. The molecule has 26 heavy (non-hydrogen) atoms. The molecule has 5 heteroatoms. The second-order valence-electron chi connectivity index (χ2n) is 7.19. The van der Waals surface area contributed by atoms with E-state index in [1.807, 2.05) is 36.7 Å². The number of piperidine rings is 1. The first-order valence-corrected chi connectivity index (χ1v) is 9.55. The number of aromatic nitrogens is 2. The van der Waals surface area contributed by atoms with Crippen molar-refractivity contribution in [2.45, 2.75) is 50.7 Å². The molecule has 4 rings (SSSR count). The summed E-state index contributed by atoms with van der Waals surface area (Å²) in [5.74, 6) is 0.793. The number of hydrogen-bond acceptors (Lipinski definition) is 5. The fourth-order valence-corrected chi connectivity index (χ4v) is 3.86. The van der Waals surface area contributed by atoms with Gasteiger partial charge in [-0.05, 0) is 43.4 Å². The first-order chi connectivity index (χ1) is 12.8. The van der Waals surface area contributed by atoms with Crippen LogP contribution in [0.3, 0.4) is 0 Å². The van der Waals surface area contributed by atoms with E-state index in [4.69, 9.17) is 10.00 Å². The molecule has 5 nitrogen and oxygen atoms in total. The highest BCUT2D eigenvalue weighted by Crippen LogP contribution is 2.26. The molecule has 2 heterocycles. The summed E-state index contributed by atoms with van der Waals surface area (Å²) in [5, 5.41) is 8.89. The van der Waals surface area contributed by atoms with Crippen molar-refractivity contribution in [1.29, 1.82) is 5.26 Å². The Morgan fingerprint density at radius 2 is 1.50 bits per heavy atom. The van der Waals surface area contributed by atoms with E-state index >= 15 is 0 Å². The van der Waals surface area contributed by atoms with Gasteiger partial charge >= 0.3 is 0 Å². The molecular weight excluding hydrogens is 324 g/mol. The molecule has 134 valence electrons. The molecule has 0 spiro atoms. The molecule has 1 saturated heterocycles. The Kier molecular flexibility index (Phi) is 5.12. The molecule has 2 aromatic rings. The number of nitriles is 1. The third-order valence-corrected chi connectivity index (χ3v) is 5.40. The van der Waals surface area contributed by atoms with Crippen LogP contribution in [0.4, 0.5) is 5.95 Å². The maximum atomic E-state index is 8.89. The largest absolute Gasteiger partial charge is 0.375 e. The molecular formula is C21H24N4O. The van der Waals surface area contributed by atoms with Crippen LogP contribution in [0.25, 0.3) is 11.1 Å². The highest BCUT2D eigenvalue weighted by Gasteiger charge is 2.25. The van der Waals surface area contributed by atoms with Crippen LogP contribution < -0.4 is 4.90 Å². The second-order valence-corrected chi connectivity index (χ2v) is 7.19. The van der Waals surface area contributed by atoms with Crippen LogP contribution in [0, 0.1) is 11.3 Å². The highest BCUT2D eigenvalue weighted by molar-refractivity contribution is 5.63. The smallest absolute Gasteiger partial charge is 0.225 e. The minimum Gasteiger partial charge on any atom is -0.375 e. The van der Waals surface area contributed by atoms with Crippen LogP contribution in [0.15, 0.2) is 36.7 Å². The van der Waals surface area contributed by atoms with Gasteiger partial charge in [0.1, 0.15) is 0 Å². The lowest BCUT2D eigenvalue weighted by Crippen LogP contribution is -2.39. The van der Waals surface area contributed by atoms with E-state index in [0.29, 0.717) is 17.8 Å². The van der Waals surface area contributed by atoms with Crippen molar-refractivity contribution in [3.63, 3.8) is 0 Å². The second kappa shape index (κ2) is 7.84. The molecule has 1 saturated carbocycles. The fourth-order valence-electron chi connectivity index (χ4n) is 3.86. The molecule has 1 aromatic carbocycles. The fraction of sp³-hybridized carbons (Fsp3) is 0.476. The summed E-state index contributed by atoms with van der Waals surface area (Å²) >= 11 is 0. The van der Waals surface area contributed by atoms with E-state index in [9.17, 15) is 0 Å². The molecule has 0 bridgehead atoms. The standard InChI is InChI=1S/C21H24N4O/c22-13-16-5-7-17(8-6-16)18-14-23-21(24-15-18)25-11-9-20(10-12-25)26-19-3-1-2-4-19/h5-8,14-15,19-20H,1-4,9-12H2. The minimum absolute atomic E-state index is 0.396. The van der Waals surface area contributed by atoms with Gasteiger partial charge in [0, 0.05) is 31.0 Å². The van der Waals surface area contributed by atoms with Gasteiger partial charge in [0.25, 0.3) is 0 Å². The zero-order valence-corrected chi connectivity index (χ0v) is 15.0. The normalized spacial score (nSPS) is 18.8. The molecule has 2 fully saturated rings. The van der Waals surface area contributed by atoms with Crippen LogP contribution >= 0.6 is 0 Å². The number of anilines is 1. The van der Waals surface area contributed by atoms with Crippen LogP contribution in [0.5, 0.6) is 0 Å². The highest BCUT2D eigenvalue weighted by atomic mass is 16.5. The van der Waals surface area contributed by atoms with Crippen LogP contribution in [-0.4, -0.2) is 35.3 Å². The zero-order chi connectivity index (χ0) is 17.8. The lowest BCUT2D eigenvalue weighted by molar-refractivity contribution is -0.0195. The molecule has 2 aliphatic rings. The molecule has 0 unspecified atom stereocenters. The number of hydrogen-bond donors (Lipinski definition) is 0. The predicted molar refractivity (Wildman–Crippen MR) is 101 cm³/mol. The van der Waals surface area contributed by atoms with Gasteiger partial charge in [-0.15, -0.1) is 0 Å². The van der Waals surface area contributed by atoms with Crippen molar-refractivity contribution < 1.29 is 4.74 Å². The van der Waals surface area contributed by atoms with Gasteiger partial charge in [-0.2, -0.15) is 5.26 Å². The van der Waals surface area contributed by atoms with Crippen molar-refractivity contribution in [1.82, 2.24) is 9.97 Å². The minimum atomic E-state index is 0.396. The van der Waals surface area contributed by atoms with E-state index in [2.05, 4.69) is 20.9 Å². The number of nitrogens with zero attached hydrogens (tertiary/aromatic N) is 4. The van der Waals surface area contributed by atoms with E-state index in [0.717, 1.165) is 43.0 Å². The number of benzene rings is 1. The van der Waals surface area contributed by atoms with Crippen molar-refractivity contribution >= 4 is 5.95 Å². The molecule has 1 aliphatic heterocycles. The third kappa shape index (κ3) is 3.86. The van der Waals surface area contributed by atoms with Gasteiger partial charge in [0.2, 0.25) is 5.95 Å². The summed E-state index contributed by atoms with van der Waals surface area (Å²) in [6, 6.07) is 9.64. The van der Waals surface area contributed by atoms with Gasteiger partial charge in [-0.25, -0.2) is 9.97 Å². The van der Waals surface area contributed by atoms with Gasteiger partial charge in [0.15, 0.2) is 0 Å². The number of ether oxygens (including phenoxy) is 1. The average Bonchev–Trinajstić information content (AvgIpc) is 3.22. The monoisotopic (exact) mass is 348 g/mol. The molecule has 0 atom stereocenters. The summed E-state index contributed by atoms with van der Waals surface area (Å²) in [4.78, 5) is 11.4. The van der Waals surface area contributed by atoms with Gasteiger partial charge in [0.05, 0.1) is 23.8 Å².